The average molecular weight is 175 g/mol. The first-order valence-electron chi connectivity index (χ1n) is 3.94. The lowest BCUT2D eigenvalue weighted by molar-refractivity contribution is 0.0605. The Labute approximate surface area is 76.2 Å². The fraction of sp³-hybridized carbons (Fsp3) is 0.100. The molecule has 3 nitrogen and oxygen atoms in total. The van der Waals surface area contributed by atoms with E-state index in [4.69, 9.17) is 4.74 Å². The van der Waals surface area contributed by atoms with Gasteiger partial charge in [-0.15, -0.1) is 0 Å². The number of para-hydroxylation sites is 1. The number of carbonyl (C=O) groups excluding carboxylic acids is 1. The maximum atomic E-state index is 11.3. The molecule has 0 aliphatic carbocycles. The Morgan fingerprint density at radius 1 is 1.38 bits per heavy atom. The number of rotatable bonds is 0. The third-order valence-corrected chi connectivity index (χ3v) is 2.07. The summed E-state index contributed by atoms with van der Waals surface area (Å²) >= 11 is 0. The summed E-state index contributed by atoms with van der Waals surface area (Å²) in [4.78, 5) is 13.1. The van der Waals surface area contributed by atoms with E-state index in [9.17, 15) is 4.79 Å². The van der Waals surface area contributed by atoms with Crippen molar-refractivity contribution in [2.45, 2.75) is 0 Å². The minimum atomic E-state index is -0.335. The molecule has 1 heterocycles. The molecule has 0 saturated carbocycles. The van der Waals surface area contributed by atoms with E-state index in [1.807, 2.05) is 25.2 Å². The molecule has 0 spiro atoms. The van der Waals surface area contributed by atoms with Gasteiger partial charge in [0.1, 0.15) is 0 Å². The number of carbonyl (C=O) groups is 1. The zero-order valence-electron chi connectivity index (χ0n) is 7.28. The number of fused-ring (bicyclic) bond motifs is 1. The van der Waals surface area contributed by atoms with Gasteiger partial charge in [-0.2, -0.15) is 0 Å². The maximum absolute atomic E-state index is 11.3. The Morgan fingerprint density at radius 2 is 2.08 bits per heavy atom. The molecule has 1 aliphatic heterocycles. The molecule has 2 rings (SSSR count). The van der Waals surface area contributed by atoms with Crippen molar-refractivity contribution in [3.05, 3.63) is 42.3 Å². The molecule has 0 bridgehead atoms. The number of nitrogens with zero attached hydrogens (tertiary/aromatic N) is 1. The third kappa shape index (κ3) is 1.09. The van der Waals surface area contributed by atoms with Crippen molar-refractivity contribution in [2.24, 2.45) is 0 Å². The van der Waals surface area contributed by atoms with Crippen molar-refractivity contribution in [3.8, 4) is 0 Å². The predicted molar refractivity (Wildman–Crippen MR) is 49.4 cm³/mol. The van der Waals surface area contributed by atoms with E-state index >= 15 is 0 Å². The van der Waals surface area contributed by atoms with Crippen LogP contribution in [0.2, 0.25) is 0 Å². The van der Waals surface area contributed by atoms with Crippen molar-refractivity contribution in [3.63, 3.8) is 0 Å². The standard InChI is InChI=1S/C10H9NO2/c1-7-11(2)9-6-4-3-5-8(9)10(12)13-7/h3-6H,1H2,2H3. The van der Waals surface area contributed by atoms with Crippen LogP contribution in [0.3, 0.4) is 0 Å². The molecule has 3 heteroatoms. The van der Waals surface area contributed by atoms with Gasteiger partial charge >= 0.3 is 5.97 Å². The zero-order valence-corrected chi connectivity index (χ0v) is 7.28. The number of ether oxygens (including phenoxy) is 1. The molecule has 0 amide bonds. The Hall–Kier alpha value is -1.77. The van der Waals surface area contributed by atoms with Crippen LogP contribution in [-0.2, 0) is 4.74 Å². The van der Waals surface area contributed by atoms with E-state index in [1.54, 1.807) is 11.0 Å². The van der Waals surface area contributed by atoms with Crippen LogP contribution < -0.4 is 4.90 Å². The van der Waals surface area contributed by atoms with Crippen LogP contribution in [0.4, 0.5) is 5.69 Å². The van der Waals surface area contributed by atoms with Crippen molar-refractivity contribution in [2.75, 3.05) is 11.9 Å². The quantitative estimate of drug-likeness (QED) is 0.563. The molecule has 1 aliphatic rings. The Kier molecular flexibility index (Phi) is 1.59. The highest BCUT2D eigenvalue weighted by Gasteiger charge is 2.24. The lowest BCUT2D eigenvalue weighted by Crippen LogP contribution is -2.27. The number of anilines is 1. The van der Waals surface area contributed by atoms with Gasteiger partial charge in [0.15, 0.2) is 5.88 Å². The fourth-order valence-corrected chi connectivity index (χ4v) is 1.30. The van der Waals surface area contributed by atoms with Crippen LogP contribution in [0.25, 0.3) is 0 Å². The summed E-state index contributed by atoms with van der Waals surface area (Å²) in [7, 11) is 1.81. The monoisotopic (exact) mass is 175 g/mol. The maximum Gasteiger partial charge on any atom is 0.346 e. The summed E-state index contributed by atoms with van der Waals surface area (Å²) in [6, 6.07) is 7.28. The third-order valence-electron chi connectivity index (χ3n) is 2.07. The lowest BCUT2D eigenvalue weighted by atomic mass is 10.1. The number of benzene rings is 1. The summed E-state index contributed by atoms with van der Waals surface area (Å²) in [5, 5.41) is 0. The predicted octanol–water partition coefficient (Wildman–Crippen LogP) is 1.76. The number of cyclic esters (lactones) is 1. The van der Waals surface area contributed by atoms with Crippen LogP contribution in [-0.4, -0.2) is 13.0 Å². The highest BCUT2D eigenvalue weighted by atomic mass is 16.6. The highest BCUT2D eigenvalue weighted by molar-refractivity contribution is 5.98. The summed E-state index contributed by atoms with van der Waals surface area (Å²) in [5.74, 6) is 0.0300. The Balaban J connectivity index is 2.60. The van der Waals surface area contributed by atoms with E-state index in [-0.39, 0.29) is 5.97 Å². The molecule has 13 heavy (non-hydrogen) atoms. The van der Waals surface area contributed by atoms with Gasteiger partial charge in [-0.3, -0.25) is 0 Å². The SMILES string of the molecule is C=C1OC(=O)c2ccccc2N1C. The first kappa shape index (κ1) is 7.86. The van der Waals surface area contributed by atoms with Crippen LogP contribution >= 0.6 is 0 Å². The van der Waals surface area contributed by atoms with Gasteiger partial charge in [0.25, 0.3) is 0 Å². The van der Waals surface area contributed by atoms with Crippen LogP contribution in [0.5, 0.6) is 0 Å². The first-order chi connectivity index (χ1) is 6.20. The Morgan fingerprint density at radius 3 is 2.85 bits per heavy atom. The number of esters is 1. The second-order valence-electron chi connectivity index (χ2n) is 2.86. The highest BCUT2D eigenvalue weighted by Crippen LogP contribution is 2.28. The molecule has 1 aromatic carbocycles. The molecule has 66 valence electrons. The van der Waals surface area contributed by atoms with E-state index in [0.717, 1.165) is 5.69 Å². The first-order valence-corrected chi connectivity index (χ1v) is 3.94. The van der Waals surface area contributed by atoms with Gasteiger partial charge in [-0.25, -0.2) is 4.79 Å². The molecule has 0 unspecified atom stereocenters. The molecule has 0 fully saturated rings. The number of hydrogen-bond donors (Lipinski definition) is 0. The normalized spacial score (nSPS) is 15.3. The van der Waals surface area contributed by atoms with Crippen molar-refractivity contribution >= 4 is 11.7 Å². The lowest BCUT2D eigenvalue weighted by Gasteiger charge is -2.27. The summed E-state index contributed by atoms with van der Waals surface area (Å²) < 4.78 is 4.92. The second kappa shape index (κ2) is 2.62. The fourth-order valence-electron chi connectivity index (χ4n) is 1.30. The second-order valence-corrected chi connectivity index (χ2v) is 2.86. The van der Waals surface area contributed by atoms with Gasteiger partial charge in [0.05, 0.1) is 11.3 Å². The molecular weight excluding hydrogens is 166 g/mol. The largest absolute Gasteiger partial charge is 0.406 e. The molecule has 0 saturated heterocycles. The van der Waals surface area contributed by atoms with E-state index in [2.05, 4.69) is 6.58 Å². The van der Waals surface area contributed by atoms with Gasteiger partial charge in [-0.05, 0) is 18.7 Å². The van der Waals surface area contributed by atoms with Gasteiger partial charge in [-0.1, -0.05) is 12.1 Å². The average Bonchev–Trinajstić information content (AvgIpc) is 2.15. The van der Waals surface area contributed by atoms with Crippen molar-refractivity contribution in [1.82, 2.24) is 0 Å². The van der Waals surface area contributed by atoms with Crippen LogP contribution in [0, 0.1) is 0 Å². The van der Waals surface area contributed by atoms with Crippen LogP contribution in [0.15, 0.2) is 36.7 Å². The Bertz CT molecular complexity index is 384. The molecule has 1 aromatic rings. The van der Waals surface area contributed by atoms with E-state index < -0.39 is 0 Å². The summed E-state index contributed by atoms with van der Waals surface area (Å²) in [6.07, 6.45) is 0. The number of hydrogen-bond acceptors (Lipinski definition) is 3. The van der Waals surface area contributed by atoms with Crippen molar-refractivity contribution < 1.29 is 9.53 Å². The van der Waals surface area contributed by atoms with Gasteiger partial charge in [0.2, 0.25) is 0 Å². The molecule has 0 radical (unpaired) electrons. The molecule has 0 atom stereocenters. The molecule has 0 N–H and O–H groups in total. The minimum Gasteiger partial charge on any atom is -0.406 e. The van der Waals surface area contributed by atoms with E-state index in [0.29, 0.717) is 11.4 Å². The topological polar surface area (TPSA) is 29.5 Å². The minimum absolute atomic E-state index is 0.335. The smallest absolute Gasteiger partial charge is 0.346 e. The van der Waals surface area contributed by atoms with Crippen LogP contribution in [0.1, 0.15) is 10.4 Å². The van der Waals surface area contributed by atoms with E-state index in [1.165, 1.54) is 0 Å². The van der Waals surface area contributed by atoms with Gasteiger partial charge < -0.3 is 9.64 Å². The van der Waals surface area contributed by atoms with Gasteiger partial charge in [0, 0.05) is 7.05 Å². The van der Waals surface area contributed by atoms with Crippen molar-refractivity contribution in [1.29, 1.82) is 0 Å². The zero-order chi connectivity index (χ0) is 9.42. The summed E-state index contributed by atoms with van der Waals surface area (Å²) in [5.41, 5.74) is 1.42. The molecule has 0 aromatic heterocycles. The molecular formula is C10H9NO2. The summed E-state index contributed by atoms with van der Waals surface area (Å²) in [6.45, 7) is 3.63.